The van der Waals surface area contributed by atoms with Gasteiger partial charge in [0.2, 0.25) is 5.91 Å². The molecule has 27 heavy (non-hydrogen) atoms. The molecule has 0 aliphatic rings. The Morgan fingerprint density at radius 1 is 1.07 bits per heavy atom. The molecule has 0 saturated carbocycles. The Balaban J connectivity index is 1.68. The molecule has 0 spiro atoms. The van der Waals surface area contributed by atoms with Gasteiger partial charge in [0.25, 0.3) is 0 Å². The van der Waals surface area contributed by atoms with E-state index >= 15 is 0 Å². The fraction of sp³-hybridized carbons (Fsp3) is 0.333. The van der Waals surface area contributed by atoms with Crippen LogP contribution in [-0.4, -0.2) is 17.5 Å². The highest BCUT2D eigenvalue weighted by atomic mass is 19.4. The Morgan fingerprint density at radius 2 is 1.78 bits per heavy atom. The first-order chi connectivity index (χ1) is 12.8. The summed E-state index contributed by atoms with van der Waals surface area (Å²) < 4.78 is 69.4. The van der Waals surface area contributed by atoms with E-state index in [0.717, 1.165) is 24.4 Å². The predicted molar refractivity (Wildman–Crippen MR) is 88.2 cm³/mol. The van der Waals surface area contributed by atoms with Crippen LogP contribution in [0.3, 0.4) is 0 Å². The number of amides is 1. The smallest absolute Gasteiger partial charge is 0.433 e. The monoisotopic (exact) mass is 388 g/mol. The van der Waals surface area contributed by atoms with Crippen LogP contribution in [0.1, 0.15) is 31.4 Å². The molecule has 0 aliphatic carbocycles. The number of aromatic nitrogens is 1. The molecule has 0 bridgehead atoms. The highest BCUT2D eigenvalue weighted by Crippen LogP contribution is 2.28. The standard InChI is InChI=1S/C18H17F5N2O2/c19-13-5-4-6-14(20)17(13)27-10-3-1-2-7-16(26)25-12-8-9-24-15(11-12)18(21,22)23/h4-6,8-9,11H,1-3,7,10H2,(H,24,25,26). The average molecular weight is 388 g/mol. The second-order valence-corrected chi connectivity index (χ2v) is 5.69. The number of halogens is 5. The fourth-order valence-electron chi connectivity index (χ4n) is 2.25. The summed E-state index contributed by atoms with van der Waals surface area (Å²) in [6.07, 6.45) is -2.05. The second kappa shape index (κ2) is 9.29. The molecular formula is C18H17F5N2O2. The molecule has 9 heteroatoms. The van der Waals surface area contributed by atoms with E-state index in [-0.39, 0.29) is 18.7 Å². The molecule has 2 rings (SSSR count). The Labute approximate surface area is 152 Å². The lowest BCUT2D eigenvalue weighted by Crippen LogP contribution is -2.13. The number of ether oxygens (including phenoxy) is 1. The molecule has 0 atom stereocenters. The minimum absolute atomic E-state index is 0.0145. The number of carbonyl (C=O) groups excluding carboxylic acids is 1. The maximum atomic E-state index is 13.3. The van der Waals surface area contributed by atoms with Gasteiger partial charge in [-0.1, -0.05) is 6.07 Å². The van der Waals surface area contributed by atoms with E-state index < -0.39 is 35.2 Å². The summed E-state index contributed by atoms with van der Waals surface area (Å²) in [7, 11) is 0. The molecular weight excluding hydrogens is 371 g/mol. The number of unbranched alkanes of at least 4 members (excludes halogenated alkanes) is 2. The molecule has 2 aromatic rings. The molecule has 0 saturated heterocycles. The summed E-state index contributed by atoms with van der Waals surface area (Å²) in [5.74, 6) is -2.45. The molecule has 1 amide bonds. The topological polar surface area (TPSA) is 51.2 Å². The van der Waals surface area contributed by atoms with Gasteiger partial charge in [0.15, 0.2) is 17.4 Å². The Kier molecular flexibility index (Phi) is 7.09. The Bertz CT molecular complexity index is 760. The second-order valence-electron chi connectivity index (χ2n) is 5.69. The first kappa shape index (κ1) is 20.6. The number of carbonyl (C=O) groups is 1. The highest BCUT2D eigenvalue weighted by Gasteiger charge is 2.32. The molecule has 1 N–H and O–H groups in total. The summed E-state index contributed by atoms with van der Waals surface area (Å²) in [6, 6.07) is 5.44. The van der Waals surface area contributed by atoms with Crippen LogP contribution in [0, 0.1) is 11.6 Å². The lowest BCUT2D eigenvalue weighted by molar-refractivity contribution is -0.141. The van der Waals surface area contributed by atoms with Crippen LogP contribution in [0.15, 0.2) is 36.5 Å². The molecule has 4 nitrogen and oxygen atoms in total. The lowest BCUT2D eigenvalue weighted by Gasteiger charge is -2.09. The first-order valence-corrected chi connectivity index (χ1v) is 8.17. The third-order valence-electron chi connectivity index (χ3n) is 3.55. The van der Waals surface area contributed by atoms with E-state index in [0.29, 0.717) is 19.3 Å². The van der Waals surface area contributed by atoms with Gasteiger partial charge in [-0.25, -0.2) is 8.78 Å². The Morgan fingerprint density at radius 3 is 2.44 bits per heavy atom. The van der Waals surface area contributed by atoms with Crippen LogP contribution < -0.4 is 10.1 Å². The van der Waals surface area contributed by atoms with E-state index in [1.54, 1.807) is 0 Å². The zero-order chi connectivity index (χ0) is 19.9. The summed E-state index contributed by atoms with van der Waals surface area (Å²) in [5, 5.41) is 2.38. The van der Waals surface area contributed by atoms with Gasteiger partial charge in [-0.05, 0) is 43.5 Å². The highest BCUT2D eigenvalue weighted by molar-refractivity contribution is 5.90. The first-order valence-electron chi connectivity index (χ1n) is 8.17. The van der Waals surface area contributed by atoms with Crippen molar-refractivity contribution in [2.45, 2.75) is 31.9 Å². The zero-order valence-corrected chi connectivity index (χ0v) is 14.2. The number of alkyl halides is 3. The van der Waals surface area contributed by atoms with Crippen LogP contribution in [-0.2, 0) is 11.0 Å². The number of hydrogen-bond donors (Lipinski definition) is 1. The number of benzene rings is 1. The van der Waals surface area contributed by atoms with Gasteiger partial charge in [0, 0.05) is 18.3 Å². The van der Waals surface area contributed by atoms with Crippen LogP contribution in [0.2, 0.25) is 0 Å². The summed E-state index contributed by atoms with van der Waals surface area (Å²) in [6.45, 7) is 0.0821. The third kappa shape index (κ3) is 6.50. The van der Waals surface area contributed by atoms with Crippen LogP contribution in [0.5, 0.6) is 5.75 Å². The summed E-state index contributed by atoms with van der Waals surface area (Å²) >= 11 is 0. The van der Waals surface area contributed by atoms with E-state index in [1.807, 2.05) is 0 Å². The number of nitrogens with zero attached hydrogens (tertiary/aromatic N) is 1. The summed E-state index contributed by atoms with van der Waals surface area (Å²) in [4.78, 5) is 15.0. The molecule has 0 unspecified atom stereocenters. The number of nitrogens with one attached hydrogen (secondary N) is 1. The fourth-order valence-corrected chi connectivity index (χ4v) is 2.25. The van der Waals surface area contributed by atoms with Gasteiger partial charge < -0.3 is 10.1 Å². The quantitative estimate of drug-likeness (QED) is 0.514. The normalized spacial score (nSPS) is 11.3. The molecule has 0 aliphatic heterocycles. The van der Waals surface area contributed by atoms with Crippen molar-refractivity contribution in [3.63, 3.8) is 0 Å². The minimum atomic E-state index is -4.58. The average Bonchev–Trinajstić information content (AvgIpc) is 2.59. The van der Waals surface area contributed by atoms with E-state index in [9.17, 15) is 26.7 Å². The van der Waals surface area contributed by atoms with E-state index in [2.05, 4.69) is 10.3 Å². The number of hydrogen-bond acceptors (Lipinski definition) is 3. The van der Waals surface area contributed by atoms with Crippen LogP contribution >= 0.6 is 0 Å². The number of pyridine rings is 1. The molecule has 1 heterocycles. The number of para-hydroxylation sites is 1. The van der Waals surface area contributed by atoms with Crippen molar-refractivity contribution in [1.82, 2.24) is 4.98 Å². The van der Waals surface area contributed by atoms with Crippen molar-refractivity contribution in [3.8, 4) is 5.75 Å². The summed E-state index contributed by atoms with van der Waals surface area (Å²) in [5.41, 5.74) is -1.07. The molecule has 1 aromatic heterocycles. The van der Waals surface area contributed by atoms with Crippen molar-refractivity contribution >= 4 is 11.6 Å². The van der Waals surface area contributed by atoms with Crippen LogP contribution in [0.25, 0.3) is 0 Å². The van der Waals surface area contributed by atoms with Gasteiger partial charge in [0.1, 0.15) is 5.69 Å². The van der Waals surface area contributed by atoms with Crippen molar-refractivity contribution in [3.05, 3.63) is 53.9 Å². The third-order valence-corrected chi connectivity index (χ3v) is 3.55. The van der Waals surface area contributed by atoms with Gasteiger partial charge in [-0.3, -0.25) is 9.78 Å². The molecule has 146 valence electrons. The molecule has 1 aromatic carbocycles. The largest absolute Gasteiger partial charge is 0.488 e. The maximum Gasteiger partial charge on any atom is 0.433 e. The lowest BCUT2D eigenvalue weighted by atomic mass is 10.2. The molecule has 0 radical (unpaired) electrons. The van der Waals surface area contributed by atoms with E-state index in [4.69, 9.17) is 4.74 Å². The van der Waals surface area contributed by atoms with Gasteiger partial charge in [-0.2, -0.15) is 13.2 Å². The zero-order valence-electron chi connectivity index (χ0n) is 14.2. The number of anilines is 1. The minimum Gasteiger partial charge on any atom is -0.488 e. The maximum absolute atomic E-state index is 13.3. The SMILES string of the molecule is O=C(CCCCCOc1c(F)cccc1F)Nc1ccnc(C(F)(F)F)c1. The van der Waals surface area contributed by atoms with Crippen molar-refractivity contribution in [1.29, 1.82) is 0 Å². The predicted octanol–water partition coefficient (Wildman–Crippen LogP) is 4.96. The van der Waals surface area contributed by atoms with Gasteiger partial charge in [-0.15, -0.1) is 0 Å². The van der Waals surface area contributed by atoms with Crippen molar-refractivity contribution in [2.75, 3.05) is 11.9 Å². The van der Waals surface area contributed by atoms with Crippen LogP contribution in [0.4, 0.5) is 27.6 Å². The van der Waals surface area contributed by atoms with E-state index in [1.165, 1.54) is 12.1 Å². The van der Waals surface area contributed by atoms with Crippen molar-refractivity contribution in [2.24, 2.45) is 0 Å². The molecule has 0 fully saturated rings. The Hall–Kier alpha value is -2.71. The van der Waals surface area contributed by atoms with Gasteiger partial charge >= 0.3 is 6.18 Å². The van der Waals surface area contributed by atoms with Crippen molar-refractivity contribution < 1.29 is 31.5 Å². The van der Waals surface area contributed by atoms with Gasteiger partial charge in [0.05, 0.1) is 6.61 Å². The number of rotatable bonds is 8.